The zero-order valence-electron chi connectivity index (χ0n) is 14.8. The highest BCUT2D eigenvalue weighted by Crippen LogP contribution is 2.36. The van der Waals surface area contributed by atoms with Crippen LogP contribution in [0.15, 0.2) is 34.7 Å². The summed E-state index contributed by atoms with van der Waals surface area (Å²) in [5.74, 6) is 0.336. The van der Waals surface area contributed by atoms with Gasteiger partial charge in [0.05, 0.1) is 9.73 Å². The van der Waals surface area contributed by atoms with Crippen molar-refractivity contribution >= 4 is 21.5 Å². The molecule has 1 spiro atoms. The van der Waals surface area contributed by atoms with Gasteiger partial charge in [0.1, 0.15) is 5.41 Å². The van der Waals surface area contributed by atoms with Crippen LogP contribution in [0.3, 0.4) is 0 Å². The lowest BCUT2D eigenvalue weighted by molar-refractivity contribution is -0.125. The third kappa shape index (κ3) is 3.07. The van der Waals surface area contributed by atoms with Gasteiger partial charge in [0.2, 0.25) is 5.91 Å². The Bertz CT molecular complexity index is 823. The summed E-state index contributed by atoms with van der Waals surface area (Å²) < 4.78 is 17.5. The first-order valence-corrected chi connectivity index (χ1v) is 11.2. The van der Waals surface area contributed by atoms with Crippen LogP contribution in [0.5, 0.6) is 0 Å². The van der Waals surface area contributed by atoms with Crippen LogP contribution in [0.25, 0.3) is 0 Å². The quantitative estimate of drug-likeness (QED) is 0.817. The van der Waals surface area contributed by atoms with Gasteiger partial charge in [-0.15, -0.1) is 0 Å². The van der Waals surface area contributed by atoms with Crippen LogP contribution < -0.4 is 10.6 Å². The fourth-order valence-electron chi connectivity index (χ4n) is 4.45. The second-order valence-electron chi connectivity index (χ2n) is 7.79. The predicted octanol–water partition coefficient (Wildman–Crippen LogP) is 1.35. The first-order chi connectivity index (χ1) is 12.5. The van der Waals surface area contributed by atoms with Crippen LogP contribution in [0.2, 0.25) is 0 Å². The largest absolute Gasteiger partial charge is 0.355 e. The molecule has 0 aromatic heterocycles. The van der Waals surface area contributed by atoms with Crippen LogP contribution in [0, 0.1) is 0 Å². The van der Waals surface area contributed by atoms with E-state index in [2.05, 4.69) is 15.0 Å². The van der Waals surface area contributed by atoms with Crippen LogP contribution in [0.4, 0.5) is 0 Å². The van der Waals surface area contributed by atoms with Crippen LogP contribution in [0.1, 0.15) is 37.7 Å². The molecule has 1 aromatic carbocycles. The summed E-state index contributed by atoms with van der Waals surface area (Å²) in [4.78, 5) is 25.0. The third-order valence-electron chi connectivity index (χ3n) is 6.17. The Labute approximate surface area is 154 Å². The molecule has 3 aliphatic rings. The van der Waals surface area contributed by atoms with Gasteiger partial charge >= 0.3 is 0 Å². The number of benzene rings is 1. The molecule has 3 heterocycles. The van der Waals surface area contributed by atoms with Gasteiger partial charge in [0.15, 0.2) is 0 Å². The molecule has 3 saturated heterocycles. The summed E-state index contributed by atoms with van der Waals surface area (Å²) in [6, 6.07) is 9.27. The van der Waals surface area contributed by atoms with Crippen LogP contribution in [-0.2, 0) is 24.7 Å². The van der Waals surface area contributed by atoms with E-state index in [1.165, 1.54) is 0 Å². The molecule has 2 N–H and O–H groups in total. The number of carbonyl (C=O) groups excluding carboxylic acids is 2. The van der Waals surface area contributed by atoms with Gasteiger partial charge in [0.25, 0.3) is 5.91 Å². The number of rotatable bonds is 2. The maximum atomic E-state index is 13.2. The van der Waals surface area contributed by atoms with E-state index in [9.17, 15) is 13.8 Å². The summed E-state index contributed by atoms with van der Waals surface area (Å²) in [5, 5.41) is 6.31. The highest BCUT2D eigenvalue weighted by molar-refractivity contribution is 7.93. The first-order valence-electron chi connectivity index (χ1n) is 9.30. The molecule has 0 radical (unpaired) electrons. The molecule has 0 saturated carbocycles. The maximum Gasteiger partial charge on any atom is 0.266 e. The summed E-state index contributed by atoms with van der Waals surface area (Å²) in [7, 11) is -2.56. The van der Waals surface area contributed by atoms with E-state index in [1.807, 2.05) is 30.3 Å². The summed E-state index contributed by atoms with van der Waals surface area (Å²) in [6.07, 6.45) is 3.95. The van der Waals surface area contributed by atoms with Crippen molar-refractivity contribution < 1.29 is 13.8 Å². The predicted molar refractivity (Wildman–Crippen MR) is 100 cm³/mol. The Morgan fingerprint density at radius 1 is 1.12 bits per heavy atom. The van der Waals surface area contributed by atoms with Gasteiger partial charge in [-0.1, -0.05) is 30.3 Å². The SMILES string of the molecule is O=C1CC(C(=O)N=S2(=O)CCC3(CCCN3)CC2)(c2ccccc2)CN1. The molecule has 140 valence electrons. The standard InChI is InChI=1S/C19H25N3O3S/c23-16-13-19(14-20-16,15-5-2-1-3-6-15)17(24)22-26(25)11-8-18(9-12-26)7-4-10-21-18/h1-3,5-6,21H,4,7-14H2,(H,20,23). The van der Waals surface area contributed by atoms with Gasteiger partial charge in [0, 0.05) is 30.0 Å². The summed E-state index contributed by atoms with van der Waals surface area (Å²) in [5.41, 5.74) is -0.162. The fourth-order valence-corrected chi connectivity index (χ4v) is 6.73. The maximum absolute atomic E-state index is 13.2. The van der Waals surface area contributed by atoms with Crippen molar-refractivity contribution in [2.45, 2.75) is 43.1 Å². The monoisotopic (exact) mass is 375 g/mol. The van der Waals surface area contributed by atoms with Gasteiger partial charge in [-0.05, 0) is 37.8 Å². The Hall–Kier alpha value is -1.73. The molecule has 3 fully saturated rings. The lowest BCUT2D eigenvalue weighted by Gasteiger charge is -2.35. The van der Waals surface area contributed by atoms with Gasteiger partial charge in [-0.25, -0.2) is 4.21 Å². The number of amides is 2. The van der Waals surface area contributed by atoms with E-state index in [0.717, 1.165) is 37.8 Å². The second kappa shape index (κ2) is 6.46. The molecular weight excluding hydrogens is 350 g/mol. The van der Waals surface area contributed by atoms with Gasteiger partial charge in [-0.2, -0.15) is 4.36 Å². The number of hydrogen-bond donors (Lipinski definition) is 2. The van der Waals surface area contributed by atoms with Crippen molar-refractivity contribution in [3.8, 4) is 0 Å². The minimum Gasteiger partial charge on any atom is -0.355 e. The Balaban J connectivity index is 1.62. The zero-order valence-corrected chi connectivity index (χ0v) is 15.6. The molecule has 1 atom stereocenters. The van der Waals surface area contributed by atoms with Crippen molar-refractivity contribution in [1.29, 1.82) is 0 Å². The molecule has 26 heavy (non-hydrogen) atoms. The third-order valence-corrected chi connectivity index (χ3v) is 8.35. The van der Waals surface area contributed by atoms with Crippen LogP contribution in [-0.4, -0.2) is 46.2 Å². The molecule has 0 bridgehead atoms. The van der Waals surface area contributed by atoms with Gasteiger partial charge in [-0.3, -0.25) is 9.59 Å². The lowest BCUT2D eigenvalue weighted by Crippen LogP contribution is -2.47. The number of nitrogens with one attached hydrogen (secondary N) is 2. The van der Waals surface area contributed by atoms with E-state index >= 15 is 0 Å². The minimum absolute atomic E-state index is 0.0698. The molecule has 2 amide bonds. The highest BCUT2D eigenvalue weighted by atomic mass is 32.2. The molecule has 4 rings (SSSR count). The van der Waals surface area contributed by atoms with Crippen molar-refractivity contribution in [2.75, 3.05) is 24.6 Å². The molecule has 6 nitrogen and oxygen atoms in total. The first kappa shape index (κ1) is 17.7. The highest BCUT2D eigenvalue weighted by Gasteiger charge is 2.48. The minimum atomic E-state index is -2.56. The zero-order chi connectivity index (χ0) is 18.3. The van der Waals surface area contributed by atoms with E-state index in [0.29, 0.717) is 11.5 Å². The van der Waals surface area contributed by atoms with Crippen molar-refractivity contribution in [3.63, 3.8) is 0 Å². The van der Waals surface area contributed by atoms with E-state index in [1.54, 1.807) is 0 Å². The van der Waals surface area contributed by atoms with Crippen molar-refractivity contribution in [3.05, 3.63) is 35.9 Å². The topological polar surface area (TPSA) is 87.6 Å². The van der Waals surface area contributed by atoms with E-state index in [-0.39, 0.29) is 24.4 Å². The average molecular weight is 375 g/mol. The normalized spacial score (nSPS) is 36.8. The molecular formula is C19H25N3O3S. The summed E-state index contributed by atoms with van der Waals surface area (Å²) >= 11 is 0. The number of hydrogen-bond acceptors (Lipinski definition) is 4. The fraction of sp³-hybridized carbons (Fsp3) is 0.579. The molecule has 3 aliphatic heterocycles. The molecule has 1 unspecified atom stereocenters. The lowest BCUT2D eigenvalue weighted by atomic mass is 9.79. The molecule has 7 heteroatoms. The Morgan fingerprint density at radius 2 is 1.85 bits per heavy atom. The van der Waals surface area contributed by atoms with Crippen LogP contribution >= 0.6 is 0 Å². The van der Waals surface area contributed by atoms with Gasteiger partial charge < -0.3 is 10.6 Å². The number of carbonyl (C=O) groups is 2. The molecule has 1 aromatic rings. The smallest absolute Gasteiger partial charge is 0.266 e. The van der Waals surface area contributed by atoms with E-state index < -0.39 is 21.1 Å². The number of nitrogens with zero attached hydrogens (tertiary/aromatic N) is 1. The summed E-state index contributed by atoms with van der Waals surface area (Å²) in [6.45, 7) is 1.24. The van der Waals surface area contributed by atoms with Crippen molar-refractivity contribution in [2.24, 2.45) is 4.36 Å². The van der Waals surface area contributed by atoms with Crippen molar-refractivity contribution in [1.82, 2.24) is 10.6 Å². The van der Waals surface area contributed by atoms with E-state index in [4.69, 9.17) is 0 Å². The Kier molecular flexibility index (Phi) is 4.39. The Morgan fingerprint density at radius 3 is 2.42 bits per heavy atom. The average Bonchev–Trinajstić information content (AvgIpc) is 3.27. The molecule has 0 aliphatic carbocycles. The second-order valence-corrected chi connectivity index (χ2v) is 10.3.